The van der Waals surface area contributed by atoms with Gasteiger partial charge in [-0.25, -0.2) is 0 Å². The topological polar surface area (TPSA) is 58.4 Å². The zero-order valence-corrected chi connectivity index (χ0v) is 13.1. The van der Waals surface area contributed by atoms with E-state index < -0.39 is 0 Å². The van der Waals surface area contributed by atoms with Gasteiger partial charge in [0.1, 0.15) is 0 Å². The molecule has 0 aromatic heterocycles. The lowest BCUT2D eigenvalue weighted by molar-refractivity contribution is -0.384. The van der Waals surface area contributed by atoms with Crippen LogP contribution in [0.15, 0.2) is 18.2 Å². The zero-order valence-electron chi connectivity index (χ0n) is 13.1. The van der Waals surface area contributed by atoms with E-state index in [-0.39, 0.29) is 10.6 Å². The molecular weight excluding hydrogens is 266 g/mol. The second kappa shape index (κ2) is 6.89. The Morgan fingerprint density at radius 1 is 1.43 bits per heavy atom. The van der Waals surface area contributed by atoms with E-state index >= 15 is 0 Å². The first kappa shape index (κ1) is 15.8. The third-order valence-corrected chi connectivity index (χ3v) is 4.52. The van der Waals surface area contributed by atoms with Crippen LogP contribution in [0.2, 0.25) is 0 Å². The first-order valence-electron chi connectivity index (χ1n) is 7.66. The van der Waals surface area contributed by atoms with Crippen molar-refractivity contribution in [1.29, 1.82) is 0 Å². The van der Waals surface area contributed by atoms with Crippen molar-refractivity contribution in [3.05, 3.63) is 33.9 Å². The van der Waals surface area contributed by atoms with Gasteiger partial charge < -0.3 is 5.32 Å². The molecule has 0 amide bonds. The summed E-state index contributed by atoms with van der Waals surface area (Å²) >= 11 is 0. The van der Waals surface area contributed by atoms with Crippen LogP contribution in [0.3, 0.4) is 0 Å². The monoisotopic (exact) mass is 291 g/mol. The first-order valence-corrected chi connectivity index (χ1v) is 7.66. The Labute approximate surface area is 126 Å². The molecule has 5 heteroatoms. The highest BCUT2D eigenvalue weighted by molar-refractivity contribution is 5.55. The summed E-state index contributed by atoms with van der Waals surface area (Å²) in [5, 5.41) is 14.1. The largest absolute Gasteiger partial charge is 0.388 e. The summed E-state index contributed by atoms with van der Waals surface area (Å²) in [5.74, 6) is 0.778. The van der Waals surface area contributed by atoms with Crippen molar-refractivity contribution >= 4 is 11.4 Å². The Hall–Kier alpha value is -1.62. The lowest BCUT2D eigenvalue weighted by atomic mass is 9.86. The van der Waals surface area contributed by atoms with Gasteiger partial charge in [0.2, 0.25) is 0 Å². The van der Waals surface area contributed by atoms with Crippen LogP contribution in [0.1, 0.15) is 38.2 Å². The fourth-order valence-electron chi connectivity index (χ4n) is 3.27. The molecule has 1 aromatic carbocycles. The number of anilines is 1. The number of hydrogen-bond acceptors (Lipinski definition) is 4. The number of nitro groups is 1. The van der Waals surface area contributed by atoms with Gasteiger partial charge in [0.25, 0.3) is 5.69 Å². The summed E-state index contributed by atoms with van der Waals surface area (Å²) in [6.07, 6.45) is 5.05. The maximum Gasteiger partial charge on any atom is 0.269 e. The minimum atomic E-state index is -0.328. The lowest BCUT2D eigenvalue weighted by Gasteiger charge is -2.34. The number of non-ortho nitro benzene ring substituents is 1. The molecule has 0 heterocycles. The molecule has 0 saturated heterocycles. The summed E-state index contributed by atoms with van der Waals surface area (Å²) in [4.78, 5) is 13.0. The second-order valence-electron chi connectivity index (χ2n) is 6.19. The predicted molar refractivity (Wildman–Crippen MR) is 85.5 cm³/mol. The molecule has 1 aliphatic rings. The van der Waals surface area contributed by atoms with Gasteiger partial charge in [-0.2, -0.15) is 0 Å². The average Bonchev–Trinajstić information content (AvgIpc) is 2.47. The average molecular weight is 291 g/mol. The number of nitro benzene ring substituents is 1. The molecule has 2 unspecified atom stereocenters. The number of nitrogens with one attached hydrogen (secondary N) is 1. The van der Waals surface area contributed by atoms with Crippen molar-refractivity contribution in [2.75, 3.05) is 19.4 Å². The van der Waals surface area contributed by atoms with E-state index in [4.69, 9.17) is 0 Å². The summed E-state index contributed by atoms with van der Waals surface area (Å²) in [7, 11) is 3.98. The molecule has 2 atom stereocenters. The van der Waals surface area contributed by atoms with Crippen LogP contribution in [-0.4, -0.2) is 30.0 Å². The Balaban J connectivity index is 2.13. The fraction of sp³-hybridized carbons (Fsp3) is 0.625. The van der Waals surface area contributed by atoms with E-state index in [2.05, 4.69) is 24.2 Å². The molecule has 5 nitrogen and oxygen atoms in total. The predicted octanol–water partition coefficient (Wildman–Crippen LogP) is 3.65. The first-order chi connectivity index (χ1) is 10.0. The van der Waals surface area contributed by atoms with E-state index in [1.54, 1.807) is 18.2 Å². The molecule has 2 rings (SSSR count). The second-order valence-corrected chi connectivity index (χ2v) is 6.19. The van der Waals surface area contributed by atoms with Crippen LogP contribution < -0.4 is 5.32 Å². The SMILES string of the molecule is CNc1ccc([N+](=O)[O-])cc1CN(C)C1CCCC(C)C1. The van der Waals surface area contributed by atoms with Crippen molar-refractivity contribution in [3.63, 3.8) is 0 Å². The molecule has 1 aromatic rings. The van der Waals surface area contributed by atoms with Crippen molar-refractivity contribution in [2.45, 2.75) is 45.2 Å². The molecule has 21 heavy (non-hydrogen) atoms. The van der Waals surface area contributed by atoms with Crippen LogP contribution >= 0.6 is 0 Å². The van der Waals surface area contributed by atoms with Crippen molar-refractivity contribution < 1.29 is 4.92 Å². The molecule has 1 fully saturated rings. The van der Waals surface area contributed by atoms with E-state index in [1.165, 1.54) is 25.7 Å². The van der Waals surface area contributed by atoms with Gasteiger partial charge in [-0.1, -0.05) is 19.8 Å². The fourth-order valence-corrected chi connectivity index (χ4v) is 3.27. The molecule has 0 bridgehead atoms. The number of nitrogens with zero attached hydrogens (tertiary/aromatic N) is 2. The Bertz CT molecular complexity index is 504. The molecule has 0 aliphatic heterocycles. The maximum absolute atomic E-state index is 11.0. The third kappa shape index (κ3) is 3.94. The highest BCUT2D eigenvalue weighted by Crippen LogP contribution is 2.29. The maximum atomic E-state index is 11.0. The molecule has 1 N–H and O–H groups in total. The van der Waals surface area contributed by atoms with Crippen LogP contribution in [0.25, 0.3) is 0 Å². The Morgan fingerprint density at radius 3 is 2.81 bits per heavy atom. The minimum Gasteiger partial charge on any atom is -0.388 e. The molecular formula is C16H25N3O2. The van der Waals surface area contributed by atoms with E-state index in [1.807, 2.05) is 7.05 Å². The lowest BCUT2D eigenvalue weighted by Crippen LogP contribution is -2.35. The summed E-state index contributed by atoms with van der Waals surface area (Å²) in [6.45, 7) is 3.06. The Morgan fingerprint density at radius 2 is 2.19 bits per heavy atom. The summed E-state index contributed by atoms with van der Waals surface area (Å²) in [6, 6.07) is 5.62. The smallest absolute Gasteiger partial charge is 0.269 e. The number of hydrogen-bond donors (Lipinski definition) is 1. The van der Waals surface area contributed by atoms with Gasteiger partial charge in [-0.3, -0.25) is 15.0 Å². The third-order valence-electron chi connectivity index (χ3n) is 4.52. The van der Waals surface area contributed by atoms with Crippen molar-refractivity contribution in [2.24, 2.45) is 5.92 Å². The van der Waals surface area contributed by atoms with E-state index in [9.17, 15) is 10.1 Å². The quantitative estimate of drug-likeness (QED) is 0.664. The molecule has 1 aliphatic carbocycles. The van der Waals surface area contributed by atoms with E-state index in [0.717, 1.165) is 23.7 Å². The van der Waals surface area contributed by atoms with Crippen LogP contribution in [-0.2, 0) is 6.54 Å². The highest BCUT2D eigenvalue weighted by atomic mass is 16.6. The Kier molecular flexibility index (Phi) is 5.17. The molecule has 116 valence electrons. The van der Waals surface area contributed by atoms with Crippen LogP contribution in [0.5, 0.6) is 0 Å². The van der Waals surface area contributed by atoms with E-state index in [0.29, 0.717) is 6.04 Å². The number of rotatable bonds is 5. The molecule has 1 saturated carbocycles. The normalized spacial score (nSPS) is 22.3. The summed E-state index contributed by atoms with van der Waals surface area (Å²) in [5.41, 5.74) is 2.12. The van der Waals surface area contributed by atoms with Gasteiger partial charge >= 0.3 is 0 Å². The van der Waals surface area contributed by atoms with Crippen LogP contribution in [0.4, 0.5) is 11.4 Å². The highest BCUT2D eigenvalue weighted by Gasteiger charge is 2.23. The van der Waals surface area contributed by atoms with Crippen molar-refractivity contribution in [3.8, 4) is 0 Å². The standard InChI is InChI=1S/C16H25N3O2/c1-12-5-4-6-14(9-12)18(3)11-13-10-15(19(20)21)7-8-16(13)17-2/h7-8,10,12,14,17H,4-6,9,11H2,1-3H3. The molecule has 0 radical (unpaired) electrons. The van der Waals surface area contributed by atoms with Crippen LogP contribution in [0, 0.1) is 16.0 Å². The van der Waals surface area contributed by atoms with Gasteiger partial charge in [0.15, 0.2) is 0 Å². The van der Waals surface area contributed by atoms with Gasteiger partial charge in [0.05, 0.1) is 4.92 Å². The number of benzene rings is 1. The minimum absolute atomic E-state index is 0.161. The van der Waals surface area contributed by atoms with Gasteiger partial charge in [-0.05, 0) is 37.4 Å². The van der Waals surface area contributed by atoms with Gasteiger partial charge in [0, 0.05) is 37.5 Å². The van der Waals surface area contributed by atoms with Crippen molar-refractivity contribution in [1.82, 2.24) is 4.90 Å². The summed E-state index contributed by atoms with van der Waals surface area (Å²) < 4.78 is 0. The van der Waals surface area contributed by atoms with Gasteiger partial charge in [-0.15, -0.1) is 0 Å². The zero-order chi connectivity index (χ0) is 15.4. The molecule has 0 spiro atoms.